The molecule has 14 rings (SSSR count). The van der Waals surface area contributed by atoms with Crippen LogP contribution in [-0.4, -0.2) is 9.97 Å². The fourth-order valence-corrected chi connectivity index (χ4v) is 19.7. The van der Waals surface area contributed by atoms with E-state index in [9.17, 15) is 0 Å². The SMILES string of the molecule is Nc1ncc(Br)nc1-c1ccccc1Cl.c1ccc(P(c2ccccc2)c2ccccc2)cc1.c1ccc(P(c2ccccc2)c2ccccc2)cc1.c1ccc(P(c2ccccc2)c2ccccc2)cc1.c1ccc(P(c2ccccc2)c2ccccc2)cc1. The van der Waals surface area contributed by atoms with Crippen LogP contribution in [0.1, 0.15) is 0 Å². The summed E-state index contributed by atoms with van der Waals surface area (Å²) in [6.45, 7) is 0. The van der Waals surface area contributed by atoms with Crippen LogP contribution < -0.4 is 69.4 Å². The third-order valence-electron chi connectivity index (χ3n) is 14.1. The molecule has 14 aromatic rings. The number of halogens is 2. The number of rotatable bonds is 13. The summed E-state index contributed by atoms with van der Waals surface area (Å²) in [6.07, 6.45) is 1.55. The van der Waals surface area contributed by atoms with Crippen LogP contribution in [0.2, 0.25) is 5.02 Å². The number of hydrogen-bond acceptors (Lipinski definition) is 3. The van der Waals surface area contributed by atoms with Gasteiger partial charge in [-0.2, -0.15) is 0 Å². The van der Waals surface area contributed by atoms with Crippen LogP contribution in [0.25, 0.3) is 11.3 Å². The fourth-order valence-electron chi connectivity index (χ4n) is 9.94. The van der Waals surface area contributed by atoms with E-state index in [2.05, 4.69) is 390 Å². The average Bonchev–Trinajstić information content (AvgIpc) is 3.32. The molecular formula is C82H67BrClN3P4. The van der Waals surface area contributed by atoms with E-state index in [4.69, 9.17) is 17.3 Å². The molecule has 0 saturated carbocycles. The lowest BCUT2D eigenvalue weighted by atomic mass is 10.1. The molecule has 0 radical (unpaired) electrons. The van der Waals surface area contributed by atoms with Crippen molar-refractivity contribution in [2.75, 3.05) is 5.73 Å². The van der Waals surface area contributed by atoms with Crippen LogP contribution >= 0.6 is 59.2 Å². The zero-order valence-electron chi connectivity index (χ0n) is 50.0. The molecule has 3 nitrogen and oxygen atoms in total. The lowest BCUT2D eigenvalue weighted by molar-refractivity contribution is 1.18. The van der Waals surface area contributed by atoms with Crippen molar-refractivity contribution in [2.24, 2.45) is 0 Å². The van der Waals surface area contributed by atoms with Crippen molar-refractivity contribution >= 4 is 129 Å². The van der Waals surface area contributed by atoms with Gasteiger partial charge in [-0.05, 0) is 117 Å². The summed E-state index contributed by atoms with van der Waals surface area (Å²) in [7, 11) is -1.78. The molecule has 0 aliphatic heterocycles. The quantitative estimate of drug-likeness (QED) is 0.117. The molecule has 9 heteroatoms. The second-order valence-electron chi connectivity index (χ2n) is 20.3. The first-order chi connectivity index (χ1) is 45.0. The summed E-state index contributed by atoms with van der Waals surface area (Å²) in [5.41, 5.74) is 7.11. The monoisotopic (exact) mass is 1330 g/mol. The Morgan fingerprint density at radius 1 is 0.242 bits per heavy atom. The van der Waals surface area contributed by atoms with Gasteiger partial charge in [-0.25, -0.2) is 9.97 Å². The lowest BCUT2D eigenvalue weighted by Gasteiger charge is -2.18. The molecule has 0 saturated heterocycles. The van der Waals surface area contributed by atoms with Gasteiger partial charge in [-0.15, -0.1) is 0 Å². The van der Waals surface area contributed by atoms with Crippen LogP contribution in [0.3, 0.4) is 0 Å². The Bertz CT molecular complexity index is 3450. The third-order valence-corrected chi connectivity index (χ3v) is 24.6. The zero-order valence-corrected chi connectivity index (χ0v) is 56.0. The van der Waals surface area contributed by atoms with Crippen molar-refractivity contribution in [3.8, 4) is 11.3 Å². The highest BCUT2D eigenvalue weighted by Crippen LogP contribution is 2.36. The van der Waals surface area contributed by atoms with Crippen molar-refractivity contribution in [1.29, 1.82) is 0 Å². The summed E-state index contributed by atoms with van der Waals surface area (Å²) in [5.74, 6) is 0.367. The topological polar surface area (TPSA) is 51.8 Å². The fraction of sp³-hybridized carbons (Fsp3) is 0. The molecule has 0 amide bonds. The summed E-state index contributed by atoms with van der Waals surface area (Å²) in [5, 5.41) is 17.4. The average molecular weight is 1330 g/mol. The number of anilines is 1. The van der Waals surface area contributed by atoms with Crippen LogP contribution in [0.4, 0.5) is 5.82 Å². The molecule has 13 aromatic carbocycles. The minimum atomic E-state index is -0.446. The van der Waals surface area contributed by atoms with Crippen molar-refractivity contribution in [1.82, 2.24) is 9.97 Å². The number of nitrogens with zero attached hydrogens (tertiary/aromatic N) is 2. The molecular weight excluding hydrogens is 1270 g/mol. The van der Waals surface area contributed by atoms with Crippen molar-refractivity contribution in [3.05, 3.63) is 404 Å². The van der Waals surface area contributed by atoms with Crippen molar-refractivity contribution in [3.63, 3.8) is 0 Å². The van der Waals surface area contributed by atoms with Gasteiger partial charge in [0.1, 0.15) is 16.1 Å². The normalized spacial score (nSPS) is 10.5. The molecule has 0 spiro atoms. The predicted molar refractivity (Wildman–Crippen MR) is 405 cm³/mol. The van der Waals surface area contributed by atoms with Crippen LogP contribution in [0, 0.1) is 0 Å². The maximum atomic E-state index is 6.04. The number of nitrogens with two attached hydrogens (primary N) is 1. The van der Waals surface area contributed by atoms with E-state index in [0.29, 0.717) is 21.1 Å². The highest BCUT2D eigenvalue weighted by Gasteiger charge is 2.19. The standard InChI is InChI=1S/4C18H15P.C10H7BrClN3/c4*1-4-10-16(11-5-1)19(17-12-6-2-7-13-17)18-14-8-3-9-15-18;11-8-5-14-10(13)9(15-8)6-3-1-2-4-7(6)12/h4*1-15H;1-5H,(H2,13,14). The summed E-state index contributed by atoms with van der Waals surface area (Å²) in [6, 6.07) is 137. The van der Waals surface area contributed by atoms with E-state index in [1.54, 1.807) is 12.3 Å². The molecule has 1 aromatic heterocycles. The van der Waals surface area contributed by atoms with Crippen molar-refractivity contribution in [2.45, 2.75) is 0 Å². The largest absolute Gasteiger partial charge is 0.382 e. The van der Waals surface area contributed by atoms with Crippen LogP contribution in [0.5, 0.6) is 0 Å². The Morgan fingerprint density at radius 3 is 0.582 bits per heavy atom. The molecule has 0 unspecified atom stereocenters. The first-order valence-corrected chi connectivity index (χ1v) is 36.4. The van der Waals surface area contributed by atoms with Gasteiger partial charge in [0, 0.05) is 5.56 Å². The minimum absolute atomic E-state index is 0.367. The molecule has 0 bridgehead atoms. The molecule has 1 heterocycles. The van der Waals surface area contributed by atoms with Gasteiger partial charge in [-0.3, -0.25) is 0 Å². The van der Waals surface area contributed by atoms with E-state index >= 15 is 0 Å². The van der Waals surface area contributed by atoms with E-state index in [1.807, 2.05) is 18.2 Å². The van der Waals surface area contributed by atoms with Gasteiger partial charge in [0.05, 0.1) is 11.2 Å². The molecule has 0 aliphatic rings. The molecule has 0 fully saturated rings. The highest BCUT2D eigenvalue weighted by molar-refractivity contribution is 9.10. The molecule has 0 atom stereocenters. The zero-order chi connectivity index (χ0) is 62.5. The van der Waals surface area contributed by atoms with Gasteiger partial charge < -0.3 is 5.73 Å². The predicted octanol–water partition coefficient (Wildman–Crippen LogP) is 16.9. The Kier molecular flexibility index (Phi) is 25.5. The first-order valence-electron chi connectivity index (χ1n) is 29.8. The Morgan fingerprint density at radius 2 is 0.407 bits per heavy atom. The molecule has 0 aliphatic carbocycles. The minimum Gasteiger partial charge on any atom is -0.382 e. The molecule has 91 heavy (non-hydrogen) atoms. The number of benzene rings is 13. The van der Waals surface area contributed by atoms with Gasteiger partial charge in [0.25, 0.3) is 0 Å². The number of hydrogen-bond donors (Lipinski definition) is 1. The second-order valence-corrected chi connectivity index (χ2v) is 30.4. The summed E-state index contributed by atoms with van der Waals surface area (Å²) >= 11 is 9.29. The van der Waals surface area contributed by atoms with Gasteiger partial charge in [0.15, 0.2) is 0 Å². The van der Waals surface area contributed by atoms with E-state index in [-0.39, 0.29) is 0 Å². The van der Waals surface area contributed by atoms with Gasteiger partial charge >= 0.3 is 0 Å². The third kappa shape index (κ3) is 19.1. The van der Waals surface area contributed by atoms with Crippen LogP contribution in [-0.2, 0) is 0 Å². The summed E-state index contributed by atoms with van der Waals surface area (Å²) < 4.78 is 0.631. The smallest absolute Gasteiger partial charge is 0.150 e. The Hall–Kier alpha value is -8.77. The molecule has 444 valence electrons. The summed E-state index contributed by atoms with van der Waals surface area (Å²) in [4.78, 5) is 8.25. The maximum Gasteiger partial charge on any atom is 0.150 e. The van der Waals surface area contributed by atoms with E-state index in [0.717, 1.165) is 5.56 Å². The van der Waals surface area contributed by atoms with Crippen molar-refractivity contribution < 1.29 is 0 Å². The highest BCUT2D eigenvalue weighted by atomic mass is 79.9. The molecule has 2 N–H and O–H groups in total. The first kappa shape index (κ1) is 65.2. The second kappa shape index (κ2) is 35.6. The lowest BCUT2D eigenvalue weighted by Crippen LogP contribution is -2.20. The van der Waals surface area contributed by atoms with Crippen LogP contribution in [0.15, 0.2) is 399 Å². The number of nitrogen functional groups attached to an aromatic ring is 1. The van der Waals surface area contributed by atoms with E-state index in [1.165, 1.54) is 63.7 Å². The van der Waals surface area contributed by atoms with E-state index < -0.39 is 31.7 Å². The maximum absolute atomic E-state index is 6.04. The Balaban J connectivity index is 0.000000125. The number of aromatic nitrogens is 2. The van der Waals surface area contributed by atoms with Gasteiger partial charge in [-0.1, -0.05) is 394 Å². The Labute approximate surface area is 555 Å². The van der Waals surface area contributed by atoms with Gasteiger partial charge in [0.2, 0.25) is 0 Å².